The van der Waals surface area contributed by atoms with Gasteiger partial charge in [0.05, 0.1) is 16.6 Å². The summed E-state index contributed by atoms with van der Waals surface area (Å²) in [6, 6.07) is 17.9. The van der Waals surface area contributed by atoms with E-state index in [1.54, 1.807) is 12.1 Å². The van der Waals surface area contributed by atoms with Crippen LogP contribution in [0.25, 0.3) is 0 Å². The summed E-state index contributed by atoms with van der Waals surface area (Å²) < 4.78 is 28.7. The Labute approximate surface area is 235 Å². The number of rotatable bonds is 5. The number of carbonyl (C=O) groups is 3. The molecule has 0 aliphatic carbocycles. The lowest BCUT2D eigenvalue weighted by molar-refractivity contribution is -0.122. The van der Waals surface area contributed by atoms with E-state index in [0.717, 1.165) is 33.6 Å². The lowest BCUT2D eigenvalue weighted by Gasteiger charge is -2.30. The number of aryl methyl sites for hydroxylation is 1. The molecule has 1 saturated heterocycles. The van der Waals surface area contributed by atoms with Gasteiger partial charge < -0.3 is 5.32 Å². The third kappa shape index (κ3) is 4.54. The van der Waals surface area contributed by atoms with Crippen molar-refractivity contribution >= 4 is 52.2 Å². The molecule has 40 heavy (non-hydrogen) atoms. The van der Waals surface area contributed by atoms with Gasteiger partial charge in [-0.05, 0) is 61.0 Å². The summed E-state index contributed by atoms with van der Waals surface area (Å²) in [6.07, 6.45) is 0. The standard InChI is InChI=1S/C29H21F2N3O4S2/c1-15-2-10-19(11-3-15)32-21(35)14-33-28-25(40-29(33)38)22(16-4-6-17(30)7-5-16)23-24(39-28)27(37)34(26(23)36)20-12-8-18(31)9-13-20/h2-13,22-24H,14H2,1H3,(H,32,35)/t22-,23?,24?/m1/s1. The highest BCUT2D eigenvalue weighted by atomic mass is 32.2. The van der Waals surface area contributed by atoms with Gasteiger partial charge in [0.1, 0.15) is 23.4 Å². The molecule has 2 unspecified atom stereocenters. The zero-order valence-corrected chi connectivity index (χ0v) is 22.6. The second kappa shape index (κ2) is 10.1. The van der Waals surface area contributed by atoms with E-state index < -0.39 is 51.3 Å². The number of benzene rings is 3. The van der Waals surface area contributed by atoms with Crippen molar-refractivity contribution in [2.75, 3.05) is 10.2 Å². The Morgan fingerprint density at radius 3 is 2.15 bits per heavy atom. The average Bonchev–Trinajstić information content (AvgIpc) is 3.37. The first-order valence-corrected chi connectivity index (χ1v) is 14.1. The van der Waals surface area contributed by atoms with Crippen LogP contribution in [-0.4, -0.2) is 27.5 Å². The molecule has 7 nitrogen and oxygen atoms in total. The van der Waals surface area contributed by atoms with Crippen molar-refractivity contribution in [3.8, 4) is 0 Å². The maximum atomic E-state index is 13.8. The number of anilines is 2. The number of nitrogens with one attached hydrogen (secondary N) is 1. The molecule has 202 valence electrons. The molecule has 0 radical (unpaired) electrons. The third-order valence-corrected chi connectivity index (χ3v) is 9.60. The fourth-order valence-corrected chi connectivity index (χ4v) is 7.88. The number of thiazole rings is 1. The Bertz CT molecular complexity index is 1700. The van der Waals surface area contributed by atoms with Crippen LogP contribution in [-0.2, 0) is 20.9 Å². The molecule has 3 amide bonds. The highest BCUT2D eigenvalue weighted by Crippen LogP contribution is 2.53. The van der Waals surface area contributed by atoms with E-state index in [0.29, 0.717) is 21.2 Å². The van der Waals surface area contributed by atoms with Crippen molar-refractivity contribution in [3.63, 3.8) is 0 Å². The number of aromatic nitrogens is 1. The molecule has 1 aromatic heterocycles. The second-order valence-corrected chi connectivity index (χ2v) is 11.7. The lowest BCUT2D eigenvalue weighted by atomic mass is 9.83. The molecule has 0 bridgehead atoms. The van der Waals surface area contributed by atoms with E-state index in [1.807, 2.05) is 19.1 Å². The smallest absolute Gasteiger partial charge is 0.308 e. The maximum Gasteiger partial charge on any atom is 0.308 e. The Morgan fingerprint density at radius 2 is 1.50 bits per heavy atom. The highest BCUT2D eigenvalue weighted by Gasteiger charge is 2.56. The Morgan fingerprint density at radius 1 is 0.875 bits per heavy atom. The van der Waals surface area contributed by atoms with Gasteiger partial charge >= 0.3 is 4.87 Å². The minimum absolute atomic E-state index is 0.238. The molecule has 1 fully saturated rings. The van der Waals surface area contributed by atoms with Gasteiger partial charge in [-0.25, -0.2) is 13.7 Å². The number of halogens is 2. The molecule has 2 aliphatic heterocycles. The van der Waals surface area contributed by atoms with Crippen LogP contribution in [0.5, 0.6) is 0 Å². The maximum absolute atomic E-state index is 13.8. The number of amides is 3. The SMILES string of the molecule is Cc1ccc(NC(=O)Cn2c3c(sc2=O)[C@H](c2ccc(F)cc2)C2C(=O)N(c4ccc(F)cc4)C(=O)C2S3)cc1. The monoisotopic (exact) mass is 577 g/mol. The molecule has 0 spiro atoms. The quantitative estimate of drug-likeness (QED) is 0.340. The molecule has 0 saturated carbocycles. The molecule has 4 aromatic rings. The Kier molecular flexibility index (Phi) is 6.63. The number of hydrogen-bond donors (Lipinski definition) is 1. The zero-order valence-electron chi connectivity index (χ0n) is 21.0. The third-order valence-electron chi connectivity index (χ3n) is 7.00. The van der Waals surface area contributed by atoms with Gasteiger partial charge in [-0.15, -0.1) is 0 Å². The van der Waals surface area contributed by atoms with Crippen LogP contribution in [0.1, 0.15) is 21.9 Å². The highest BCUT2D eigenvalue weighted by molar-refractivity contribution is 8.00. The number of fused-ring (bicyclic) bond motifs is 2. The number of carbonyl (C=O) groups excluding carboxylic acids is 3. The van der Waals surface area contributed by atoms with Gasteiger partial charge in [-0.1, -0.05) is 52.9 Å². The van der Waals surface area contributed by atoms with E-state index in [2.05, 4.69) is 5.32 Å². The van der Waals surface area contributed by atoms with Crippen LogP contribution >= 0.6 is 23.1 Å². The Hall–Kier alpha value is -4.09. The summed E-state index contributed by atoms with van der Waals surface area (Å²) in [7, 11) is 0. The van der Waals surface area contributed by atoms with Crippen molar-refractivity contribution in [2.45, 2.75) is 29.7 Å². The van der Waals surface area contributed by atoms with Gasteiger partial charge in [-0.3, -0.25) is 23.7 Å². The minimum Gasteiger partial charge on any atom is -0.325 e. The molecule has 3 heterocycles. The van der Waals surface area contributed by atoms with Crippen molar-refractivity contribution in [3.05, 3.63) is 110 Å². The number of imide groups is 1. The number of thioether (sulfide) groups is 1. The summed E-state index contributed by atoms with van der Waals surface area (Å²) in [6.45, 7) is 1.64. The zero-order chi connectivity index (χ0) is 28.1. The molecule has 1 N–H and O–H groups in total. The van der Waals surface area contributed by atoms with E-state index in [1.165, 1.54) is 53.1 Å². The number of nitrogens with zero attached hydrogens (tertiary/aromatic N) is 2. The molecule has 3 aromatic carbocycles. The first-order chi connectivity index (χ1) is 19.2. The summed E-state index contributed by atoms with van der Waals surface area (Å²) in [5, 5.41) is 2.30. The van der Waals surface area contributed by atoms with Crippen molar-refractivity contribution in [1.29, 1.82) is 0 Å². The van der Waals surface area contributed by atoms with Crippen molar-refractivity contribution < 1.29 is 23.2 Å². The predicted octanol–water partition coefficient (Wildman–Crippen LogP) is 4.93. The van der Waals surface area contributed by atoms with Crippen LogP contribution in [0.2, 0.25) is 0 Å². The first kappa shape index (κ1) is 26.1. The lowest BCUT2D eigenvalue weighted by Crippen LogP contribution is -2.33. The van der Waals surface area contributed by atoms with Gasteiger partial charge in [-0.2, -0.15) is 0 Å². The number of hydrogen-bond acceptors (Lipinski definition) is 6. The molecule has 3 atom stereocenters. The van der Waals surface area contributed by atoms with Crippen LogP contribution in [0, 0.1) is 24.5 Å². The normalized spacial score (nSPS) is 19.9. The summed E-state index contributed by atoms with van der Waals surface area (Å²) in [4.78, 5) is 54.7. The first-order valence-electron chi connectivity index (χ1n) is 12.4. The summed E-state index contributed by atoms with van der Waals surface area (Å²) >= 11 is 1.98. The van der Waals surface area contributed by atoms with Crippen LogP contribution in [0.15, 0.2) is 82.6 Å². The molecular formula is C29H21F2N3O4S2. The van der Waals surface area contributed by atoms with E-state index in [4.69, 9.17) is 0 Å². The summed E-state index contributed by atoms with van der Waals surface area (Å²) in [5.74, 6) is -3.98. The second-order valence-electron chi connectivity index (χ2n) is 9.62. The summed E-state index contributed by atoms with van der Waals surface area (Å²) in [5.41, 5.74) is 2.42. The fraction of sp³-hybridized carbons (Fsp3) is 0.172. The van der Waals surface area contributed by atoms with Crippen molar-refractivity contribution in [2.24, 2.45) is 5.92 Å². The van der Waals surface area contributed by atoms with E-state index >= 15 is 0 Å². The average molecular weight is 578 g/mol. The largest absolute Gasteiger partial charge is 0.325 e. The Balaban J connectivity index is 1.40. The predicted molar refractivity (Wildman–Crippen MR) is 149 cm³/mol. The molecule has 11 heteroatoms. The van der Waals surface area contributed by atoms with Crippen LogP contribution < -0.4 is 15.1 Å². The van der Waals surface area contributed by atoms with Crippen LogP contribution in [0.4, 0.5) is 20.2 Å². The molecular weight excluding hydrogens is 556 g/mol. The van der Waals surface area contributed by atoms with Crippen LogP contribution in [0.3, 0.4) is 0 Å². The molecule has 2 aliphatic rings. The minimum atomic E-state index is -0.902. The van der Waals surface area contributed by atoms with Gasteiger partial charge in [0.15, 0.2) is 0 Å². The van der Waals surface area contributed by atoms with Gasteiger partial charge in [0, 0.05) is 16.5 Å². The van der Waals surface area contributed by atoms with Gasteiger partial charge in [0.2, 0.25) is 17.7 Å². The van der Waals surface area contributed by atoms with Crippen molar-refractivity contribution in [1.82, 2.24) is 4.57 Å². The fourth-order valence-electron chi connectivity index (χ4n) is 5.11. The van der Waals surface area contributed by atoms with E-state index in [-0.39, 0.29) is 12.2 Å². The molecule has 6 rings (SSSR count). The topological polar surface area (TPSA) is 88.5 Å². The van der Waals surface area contributed by atoms with Gasteiger partial charge in [0.25, 0.3) is 0 Å². The van der Waals surface area contributed by atoms with E-state index in [9.17, 15) is 28.0 Å².